The highest BCUT2D eigenvalue weighted by Crippen LogP contribution is 2.29. The minimum atomic E-state index is -0.269. The van der Waals surface area contributed by atoms with E-state index in [1.54, 1.807) is 41.2 Å². The van der Waals surface area contributed by atoms with Crippen molar-refractivity contribution in [3.63, 3.8) is 0 Å². The molecule has 1 aliphatic rings. The van der Waals surface area contributed by atoms with E-state index >= 15 is 0 Å². The van der Waals surface area contributed by atoms with Crippen LogP contribution in [0.1, 0.15) is 11.1 Å². The van der Waals surface area contributed by atoms with Gasteiger partial charge in [0, 0.05) is 5.56 Å². The zero-order chi connectivity index (χ0) is 19.5. The number of rotatable bonds is 5. The number of nitrogens with zero attached hydrogens (tertiary/aromatic N) is 1. The molecule has 0 bridgehead atoms. The Kier molecular flexibility index (Phi) is 5.82. The third-order valence-corrected chi connectivity index (χ3v) is 5.85. The van der Waals surface area contributed by atoms with E-state index in [4.69, 9.17) is 7.80 Å². The molecule has 3 aromatic carbocycles. The Balaban J connectivity index is 1.48. The van der Waals surface area contributed by atoms with E-state index in [0.717, 1.165) is 16.3 Å². The molecule has 0 aromatic heterocycles. The van der Waals surface area contributed by atoms with E-state index in [0.29, 0.717) is 23.6 Å². The first-order valence-corrected chi connectivity index (χ1v) is 10.3. The topological polar surface area (TPSA) is 47.9 Å². The van der Waals surface area contributed by atoms with Crippen molar-refractivity contribution < 1.29 is 17.0 Å². The van der Waals surface area contributed by atoms with Gasteiger partial charge in [0.05, 0.1) is 5.25 Å². The second kappa shape index (κ2) is 8.48. The molecule has 142 valence electrons. The summed E-state index contributed by atoms with van der Waals surface area (Å²) in [6.07, 6.45) is 0.666. The lowest BCUT2D eigenvalue weighted by molar-refractivity contribution is 0.267. The van der Waals surface area contributed by atoms with Crippen LogP contribution in [0.3, 0.4) is 0 Å². The van der Waals surface area contributed by atoms with Gasteiger partial charge in [-0.25, -0.2) is 4.39 Å². The number of ether oxygens (including phenoxy) is 1. The molecule has 1 heterocycles. The van der Waals surface area contributed by atoms with Crippen molar-refractivity contribution in [3.8, 4) is 5.75 Å². The van der Waals surface area contributed by atoms with Gasteiger partial charge in [0.1, 0.15) is 18.2 Å². The maximum Gasteiger partial charge on any atom is 0.308 e. The number of carbonyl (C=O) groups excluding carboxylic acids is 1. The van der Waals surface area contributed by atoms with Crippen molar-refractivity contribution in [2.45, 2.75) is 18.3 Å². The molecule has 4 nitrogen and oxygen atoms in total. The molecule has 0 aliphatic carbocycles. The van der Waals surface area contributed by atoms with Crippen molar-refractivity contribution in [2.24, 2.45) is 4.99 Å². The molecule has 0 saturated carbocycles. The first-order valence-electron chi connectivity index (χ1n) is 8.59. The number of halogens is 2. The fraction of sp³-hybridized carbons (Fsp3) is 0.143. The Hall–Kier alpha value is -2.13. The van der Waals surface area contributed by atoms with Crippen molar-refractivity contribution in [1.82, 2.24) is 0 Å². The number of hydrogen-bond acceptors (Lipinski definition) is 4. The molecular formula is C21H15FINO3S. The summed E-state index contributed by atoms with van der Waals surface area (Å²) in [5, 5.41) is 1.79. The Morgan fingerprint density at radius 2 is 1.86 bits per heavy atom. The number of amides is 1. The smallest absolute Gasteiger partial charge is 0.308 e. The summed E-state index contributed by atoms with van der Waals surface area (Å²) < 4.78 is 24.6. The molecule has 1 atom stereocenters. The van der Waals surface area contributed by atoms with Gasteiger partial charge < -0.3 is 7.80 Å². The van der Waals surface area contributed by atoms with E-state index in [2.05, 4.69) is 11.1 Å². The van der Waals surface area contributed by atoms with Crippen LogP contribution >= 0.6 is 34.8 Å². The van der Waals surface area contributed by atoms with Gasteiger partial charge in [-0.2, -0.15) is 4.99 Å². The first-order chi connectivity index (χ1) is 13.6. The molecule has 1 amide bonds. The van der Waals surface area contributed by atoms with Crippen LogP contribution in [-0.4, -0.2) is 16.4 Å². The van der Waals surface area contributed by atoms with Crippen LogP contribution in [-0.2, 0) is 16.1 Å². The molecule has 0 spiro atoms. The van der Waals surface area contributed by atoms with E-state index < -0.39 is 0 Å². The Labute approximate surface area is 179 Å². The van der Waals surface area contributed by atoms with Gasteiger partial charge in [0.2, 0.25) is 5.90 Å². The normalized spacial score (nSPS) is 16.3. The minimum Gasteiger partial charge on any atom is -0.489 e. The average molecular weight is 507 g/mol. The summed E-state index contributed by atoms with van der Waals surface area (Å²) in [6, 6.07) is 18.5. The predicted molar refractivity (Wildman–Crippen MR) is 118 cm³/mol. The zero-order valence-electron chi connectivity index (χ0n) is 14.6. The summed E-state index contributed by atoms with van der Waals surface area (Å²) in [4.78, 5) is 15.4. The Bertz CT molecular complexity index is 1070. The van der Waals surface area contributed by atoms with Gasteiger partial charge in [-0.1, -0.05) is 42.5 Å². The largest absolute Gasteiger partial charge is 0.489 e. The number of benzene rings is 3. The van der Waals surface area contributed by atoms with E-state index in [9.17, 15) is 9.18 Å². The van der Waals surface area contributed by atoms with Crippen LogP contribution in [0.5, 0.6) is 5.75 Å². The summed E-state index contributed by atoms with van der Waals surface area (Å²) in [6.45, 7) is 0.182. The SMILES string of the molecule is O=C1N=C(OI)C(Cc2ccc3cc(OCc4ccccc4F)ccc3c2)S1. The fourth-order valence-electron chi connectivity index (χ4n) is 3.04. The van der Waals surface area contributed by atoms with Crippen LogP contribution in [0.25, 0.3) is 10.8 Å². The Morgan fingerprint density at radius 3 is 2.68 bits per heavy atom. The summed E-state index contributed by atoms with van der Waals surface area (Å²) in [7, 11) is 0. The molecule has 0 fully saturated rings. The molecule has 3 aromatic rings. The molecule has 0 radical (unpaired) electrons. The van der Waals surface area contributed by atoms with Crippen LogP contribution in [0.4, 0.5) is 9.18 Å². The lowest BCUT2D eigenvalue weighted by Gasteiger charge is -2.11. The molecule has 7 heteroatoms. The lowest BCUT2D eigenvalue weighted by Crippen LogP contribution is -2.16. The first kappa shape index (κ1) is 19.2. The lowest BCUT2D eigenvalue weighted by atomic mass is 10.0. The van der Waals surface area contributed by atoms with Crippen LogP contribution in [0, 0.1) is 5.82 Å². The van der Waals surface area contributed by atoms with Crippen LogP contribution in [0.2, 0.25) is 0 Å². The highest BCUT2D eigenvalue weighted by Gasteiger charge is 2.29. The molecule has 0 N–H and O–H groups in total. The van der Waals surface area contributed by atoms with Crippen molar-refractivity contribution in [3.05, 3.63) is 77.6 Å². The molecule has 4 rings (SSSR count). The van der Waals surface area contributed by atoms with E-state index in [1.165, 1.54) is 17.8 Å². The van der Waals surface area contributed by atoms with Gasteiger partial charge in [0.25, 0.3) is 0 Å². The fourth-order valence-corrected chi connectivity index (χ4v) is 4.48. The maximum absolute atomic E-state index is 13.7. The van der Waals surface area contributed by atoms with E-state index in [-0.39, 0.29) is 22.9 Å². The molecular weight excluding hydrogens is 492 g/mol. The van der Waals surface area contributed by atoms with Crippen molar-refractivity contribution in [2.75, 3.05) is 0 Å². The highest BCUT2D eigenvalue weighted by atomic mass is 127. The summed E-state index contributed by atoms with van der Waals surface area (Å²) >= 11 is 2.94. The number of hydrogen-bond donors (Lipinski definition) is 0. The molecule has 0 saturated heterocycles. The van der Waals surface area contributed by atoms with Gasteiger partial charge in [0.15, 0.2) is 23.0 Å². The highest BCUT2D eigenvalue weighted by molar-refractivity contribution is 14.1. The molecule has 1 unspecified atom stereocenters. The van der Waals surface area contributed by atoms with Crippen molar-refractivity contribution >= 4 is 56.7 Å². The predicted octanol–water partition coefficient (Wildman–Crippen LogP) is 6.10. The summed E-state index contributed by atoms with van der Waals surface area (Å²) in [5.74, 6) is 0.885. The standard InChI is InChI=1S/C21H15FINO3S/c22-18-4-2-1-3-16(18)12-26-17-8-7-14-9-13(5-6-15(14)11-17)10-19-20(27-23)24-21(25)28-19/h1-9,11,19H,10,12H2. The average Bonchev–Trinajstić information content (AvgIpc) is 3.06. The quantitative estimate of drug-likeness (QED) is 0.392. The third kappa shape index (κ3) is 4.30. The van der Waals surface area contributed by atoms with Crippen LogP contribution in [0.15, 0.2) is 65.7 Å². The monoisotopic (exact) mass is 507 g/mol. The second-order valence-electron chi connectivity index (χ2n) is 6.33. The number of thioether (sulfide) groups is 1. The van der Waals surface area contributed by atoms with Gasteiger partial charge in [-0.05, 0) is 52.7 Å². The van der Waals surface area contributed by atoms with Gasteiger partial charge >= 0.3 is 5.24 Å². The van der Waals surface area contributed by atoms with Crippen molar-refractivity contribution in [1.29, 1.82) is 0 Å². The number of carbonyl (C=O) groups is 1. The minimum absolute atomic E-state index is 0.0924. The van der Waals surface area contributed by atoms with E-state index in [1.807, 2.05) is 30.3 Å². The molecule has 1 aliphatic heterocycles. The molecule has 28 heavy (non-hydrogen) atoms. The van der Waals surface area contributed by atoms with Gasteiger partial charge in [-0.15, -0.1) is 0 Å². The third-order valence-electron chi connectivity index (χ3n) is 4.45. The summed E-state index contributed by atoms with van der Waals surface area (Å²) in [5.41, 5.74) is 1.62. The maximum atomic E-state index is 13.7. The second-order valence-corrected chi connectivity index (χ2v) is 7.92. The van der Waals surface area contributed by atoms with Crippen LogP contribution < -0.4 is 4.74 Å². The zero-order valence-corrected chi connectivity index (χ0v) is 17.6. The number of fused-ring (bicyclic) bond motifs is 1. The van der Waals surface area contributed by atoms with Gasteiger partial charge in [-0.3, -0.25) is 4.79 Å². The number of aliphatic imine (C=N–C) groups is 1. The Morgan fingerprint density at radius 1 is 1.07 bits per heavy atom.